The van der Waals surface area contributed by atoms with Gasteiger partial charge in [-0.15, -0.1) is 13.2 Å². The summed E-state index contributed by atoms with van der Waals surface area (Å²) < 4.78 is 78.3. The van der Waals surface area contributed by atoms with Crippen molar-refractivity contribution in [3.8, 4) is 5.75 Å². The summed E-state index contributed by atoms with van der Waals surface area (Å²) in [5.41, 5.74) is 1.86. The van der Waals surface area contributed by atoms with Gasteiger partial charge >= 0.3 is 18.5 Å². The van der Waals surface area contributed by atoms with Crippen LogP contribution >= 0.6 is 0 Å². The van der Waals surface area contributed by atoms with E-state index in [1.54, 1.807) is 0 Å². The molecule has 0 bridgehead atoms. The van der Waals surface area contributed by atoms with Gasteiger partial charge in [0.25, 0.3) is 0 Å². The molecule has 0 saturated carbocycles. The molecule has 0 aliphatic heterocycles. The number of halogens is 6. The van der Waals surface area contributed by atoms with Crippen LogP contribution in [0.15, 0.2) is 6.07 Å². The molecule has 0 saturated heterocycles. The van der Waals surface area contributed by atoms with Gasteiger partial charge in [-0.2, -0.15) is 13.2 Å². The molecule has 0 amide bonds. The van der Waals surface area contributed by atoms with Crippen molar-refractivity contribution < 1.29 is 41.0 Å². The minimum Gasteiger partial charge on any atom is -0.481 e. The fraction of sp³-hybridized carbons (Fsp3) is 0.400. The Kier molecular flexibility index (Phi) is 4.66. The molecule has 0 unspecified atom stereocenters. The van der Waals surface area contributed by atoms with E-state index in [0.29, 0.717) is 0 Å². The quantitative estimate of drug-likeness (QED) is 0.830. The molecule has 3 N–H and O–H groups in total. The molecule has 5 nitrogen and oxygen atoms in total. The number of nitrogens with two attached hydrogens (primary N) is 1. The zero-order chi connectivity index (χ0) is 16.4. The largest absolute Gasteiger partial charge is 0.573 e. The number of alkyl halides is 6. The first-order valence-corrected chi connectivity index (χ1v) is 5.21. The van der Waals surface area contributed by atoms with Gasteiger partial charge in [-0.3, -0.25) is 9.78 Å². The summed E-state index contributed by atoms with van der Waals surface area (Å²) in [7, 11) is 0. The number of carbonyl (C=O) groups is 1. The van der Waals surface area contributed by atoms with Crippen LogP contribution < -0.4 is 10.5 Å². The molecule has 11 heteroatoms. The number of ether oxygens (including phenoxy) is 1. The number of nitrogens with zero attached hydrogens (tertiary/aromatic N) is 1. The summed E-state index contributed by atoms with van der Waals surface area (Å²) in [6, 6.07) is 0.189. The van der Waals surface area contributed by atoms with Gasteiger partial charge in [-0.25, -0.2) is 0 Å². The Labute approximate surface area is 113 Å². The lowest BCUT2D eigenvalue weighted by Gasteiger charge is -2.18. The molecular weight excluding hydrogens is 310 g/mol. The molecular formula is C10H8F6N2O3. The van der Waals surface area contributed by atoms with Crippen LogP contribution in [-0.2, 0) is 23.9 Å². The van der Waals surface area contributed by atoms with Crippen LogP contribution in [0.2, 0.25) is 0 Å². The lowest BCUT2D eigenvalue weighted by molar-refractivity contribution is -0.276. The predicted octanol–water partition coefficient (Wildman–Crippen LogP) is 2.08. The Morgan fingerprint density at radius 3 is 2.24 bits per heavy atom. The summed E-state index contributed by atoms with van der Waals surface area (Å²) in [5, 5.41) is 8.52. The first-order chi connectivity index (χ1) is 9.44. The van der Waals surface area contributed by atoms with Crippen molar-refractivity contribution in [1.29, 1.82) is 0 Å². The summed E-state index contributed by atoms with van der Waals surface area (Å²) in [6.45, 7) is -0.790. The van der Waals surface area contributed by atoms with E-state index < -0.39 is 54.2 Å². The Hall–Kier alpha value is -2.04. The fourth-order valence-electron chi connectivity index (χ4n) is 1.47. The summed E-state index contributed by atoms with van der Waals surface area (Å²) in [5.74, 6) is -3.07. The number of rotatable bonds is 4. The highest BCUT2D eigenvalue weighted by Gasteiger charge is 2.41. The Morgan fingerprint density at radius 1 is 1.29 bits per heavy atom. The first kappa shape index (κ1) is 17.0. The Bertz CT molecular complexity index is 541. The highest BCUT2D eigenvalue weighted by atomic mass is 19.4. The van der Waals surface area contributed by atoms with E-state index >= 15 is 0 Å². The van der Waals surface area contributed by atoms with Crippen molar-refractivity contribution in [3.05, 3.63) is 23.0 Å². The number of aromatic nitrogens is 1. The average Bonchev–Trinajstić information content (AvgIpc) is 2.26. The van der Waals surface area contributed by atoms with Crippen LogP contribution in [0.1, 0.15) is 17.0 Å². The van der Waals surface area contributed by atoms with Gasteiger partial charge in [0.1, 0.15) is 5.56 Å². The molecule has 1 heterocycles. The third-order valence-corrected chi connectivity index (χ3v) is 2.15. The van der Waals surface area contributed by atoms with Crippen LogP contribution in [-0.4, -0.2) is 22.4 Å². The van der Waals surface area contributed by atoms with Crippen LogP contribution in [0.5, 0.6) is 5.75 Å². The van der Waals surface area contributed by atoms with Crippen molar-refractivity contribution in [1.82, 2.24) is 4.98 Å². The molecule has 0 radical (unpaired) electrons. The van der Waals surface area contributed by atoms with Gasteiger partial charge < -0.3 is 15.6 Å². The summed E-state index contributed by atoms with van der Waals surface area (Å²) in [4.78, 5) is 13.8. The monoisotopic (exact) mass is 318 g/mol. The highest BCUT2D eigenvalue weighted by molar-refractivity contribution is 5.69. The SMILES string of the molecule is NCc1nc(CC(=O)O)cc(C(F)(F)F)c1OC(F)(F)F. The van der Waals surface area contributed by atoms with Crippen molar-refractivity contribution in [2.45, 2.75) is 25.5 Å². The average molecular weight is 318 g/mol. The predicted molar refractivity (Wildman–Crippen MR) is 55.2 cm³/mol. The molecule has 118 valence electrons. The molecule has 1 rings (SSSR count). The molecule has 0 aliphatic carbocycles. The van der Waals surface area contributed by atoms with Crippen LogP contribution in [0.3, 0.4) is 0 Å². The number of carboxylic acid groups (broad SMARTS) is 1. The molecule has 1 aromatic rings. The fourth-order valence-corrected chi connectivity index (χ4v) is 1.47. The molecule has 0 aliphatic rings. The number of aliphatic carboxylic acids is 1. The van der Waals surface area contributed by atoms with E-state index in [1.165, 1.54) is 0 Å². The summed E-state index contributed by atoms with van der Waals surface area (Å²) >= 11 is 0. The third-order valence-electron chi connectivity index (χ3n) is 2.15. The molecule has 0 atom stereocenters. The second-order valence-corrected chi connectivity index (χ2v) is 3.76. The molecule has 0 aromatic carbocycles. The van der Waals surface area contributed by atoms with E-state index in [0.717, 1.165) is 0 Å². The van der Waals surface area contributed by atoms with Crippen LogP contribution in [0, 0.1) is 0 Å². The lowest BCUT2D eigenvalue weighted by Crippen LogP contribution is -2.23. The molecule has 0 spiro atoms. The number of hydrogen-bond donors (Lipinski definition) is 2. The second-order valence-electron chi connectivity index (χ2n) is 3.76. The zero-order valence-electron chi connectivity index (χ0n) is 10.0. The lowest BCUT2D eigenvalue weighted by atomic mass is 10.1. The maximum atomic E-state index is 12.8. The minimum absolute atomic E-state index is 0.189. The Morgan fingerprint density at radius 2 is 1.86 bits per heavy atom. The van der Waals surface area contributed by atoms with E-state index in [1.807, 2.05) is 0 Å². The Balaban J connectivity index is 3.48. The zero-order valence-corrected chi connectivity index (χ0v) is 10.0. The van der Waals surface area contributed by atoms with Crippen LogP contribution in [0.4, 0.5) is 26.3 Å². The number of pyridine rings is 1. The van der Waals surface area contributed by atoms with Gasteiger partial charge in [-0.05, 0) is 6.07 Å². The van der Waals surface area contributed by atoms with E-state index in [4.69, 9.17) is 10.8 Å². The van der Waals surface area contributed by atoms with Gasteiger partial charge in [-0.1, -0.05) is 0 Å². The normalized spacial score (nSPS) is 12.3. The van der Waals surface area contributed by atoms with Crippen molar-refractivity contribution in [2.24, 2.45) is 5.73 Å². The smallest absolute Gasteiger partial charge is 0.481 e. The maximum absolute atomic E-state index is 12.8. The molecule has 0 fully saturated rings. The first-order valence-electron chi connectivity index (χ1n) is 5.21. The van der Waals surface area contributed by atoms with Crippen molar-refractivity contribution >= 4 is 5.97 Å². The van der Waals surface area contributed by atoms with Crippen molar-refractivity contribution in [2.75, 3.05) is 0 Å². The third kappa shape index (κ3) is 4.77. The van der Waals surface area contributed by atoms with Crippen molar-refractivity contribution in [3.63, 3.8) is 0 Å². The summed E-state index contributed by atoms with van der Waals surface area (Å²) in [6.07, 6.45) is -11.5. The second kappa shape index (κ2) is 5.76. The van der Waals surface area contributed by atoms with Gasteiger partial charge in [0.15, 0.2) is 5.75 Å². The van der Waals surface area contributed by atoms with Crippen LogP contribution in [0.25, 0.3) is 0 Å². The topological polar surface area (TPSA) is 85.4 Å². The van der Waals surface area contributed by atoms with Gasteiger partial charge in [0, 0.05) is 6.54 Å². The van der Waals surface area contributed by atoms with E-state index in [-0.39, 0.29) is 6.07 Å². The number of carboxylic acids is 1. The number of hydrogen-bond acceptors (Lipinski definition) is 4. The standard InChI is InChI=1S/C10H8F6N2O3/c11-9(12,13)5-1-4(2-7(19)20)18-6(3-17)8(5)21-10(14,15)16/h1H,2-3,17H2,(H,19,20). The van der Waals surface area contributed by atoms with Gasteiger partial charge in [0.05, 0.1) is 17.8 Å². The highest BCUT2D eigenvalue weighted by Crippen LogP contribution is 2.40. The maximum Gasteiger partial charge on any atom is 0.573 e. The minimum atomic E-state index is -5.38. The van der Waals surface area contributed by atoms with E-state index in [9.17, 15) is 31.1 Å². The molecule has 1 aromatic heterocycles. The molecule has 21 heavy (non-hydrogen) atoms. The van der Waals surface area contributed by atoms with Gasteiger partial charge in [0.2, 0.25) is 0 Å². The van der Waals surface area contributed by atoms with E-state index in [2.05, 4.69) is 9.72 Å².